The van der Waals surface area contributed by atoms with Crippen LogP contribution in [-0.2, 0) is 4.79 Å². The van der Waals surface area contributed by atoms with E-state index in [0.717, 1.165) is 0 Å². The molecule has 0 spiro atoms. The van der Waals surface area contributed by atoms with Crippen LogP contribution >= 0.6 is 11.8 Å². The molecule has 0 bridgehead atoms. The van der Waals surface area contributed by atoms with E-state index in [9.17, 15) is 4.79 Å². The number of hydrogen-bond acceptors (Lipinski definition) is 3. The van der Waals surface area contributed by atoms with Crippen molar-refractivity contribution in [2.24, 2.45) is 11.3 Å². The Morgan fingerprint density at radius 3 is 2.53 bits per heavy atom. The fourth-order valence-electron chi connectivity index (χ4n) is 1.33. The van der Waals surface area contributed by atoms with Gasteiger partial charge >= 0.3 is 0 Å². The molecular formula is C13H20N2OS. The summed E-state index contributed by atoms with van der Waals surface area (Å²) in [6.07, 6.45) is 0. The van der Waals surface area contributed by atoms with E-state index in [1.54, 1.807) is 11.8 Å². The van der Waals surface area contributed by atoms with Gasteiger partial charge in [0.1, 0.15) is 0 Å². The van der Waals surface area contributed by atoms with E-state index < -0.39 is 5.41 Å². The SMILES string of the molecule is Cc1ccc(SCC(C)(C)C(=O)NN)cc1C. The van der Waals surface area contributed by atoms with Crippen LogP contribution in [0.15, 0.2) is 23.1 Å². The molecule has 0 atom stereocenters. The number of benzene rings is 1. The number of carbonyl (C=O) groups excluding carboxylic acids is 1. The zero-order chi connectivity index (χ0) is 13.1. The molecule has 1 aromatic carbocycles. The van der Waals surface area contributed by atoms with Crippen molar-refractivity contribution in [1.29, 1.82) is 0 Å². The minimum atomic E-state index is -0.460. The quantitative estimate of drug-likeness (QED) is 0.374. The van der Waals surface area contributed by atoms with Gasteiger partial charge in [0, 0.05) is 10.6 Å². The number of thioether (sulfide) groups is 1. The number of nitrogens with two attached hydrogens (primary N) is 1. The average molecular weight is 252 g/mol. The Morgan fingerprint density at radius 1 is 1.35 bits per heavy atom. The highest BCUT2D eigenvalue weighted by Gasteiger charge is 2.26. The van der Waals surface area contributed by atoms with Crippen LogP contribution in [0.4, 0.5) is 0 Å². The van der Waals surface area contributed by atoms with Crippen LogP contribution in [0.25, 0.3) is 0 Å². The highest BCUT2D eigenvalue weighted by molar-refractivity contribution is 7.99. The second-order valence-corrected chi connectivity index (χ2v) is 5.94. The maximum atomic E-state index is 11.5. The number of carbonyl (C=O) groups is 1. The Bertz CT molecular complexity index is 416. The molecule has 0 aliphatic heterocycles. The first-order valence-electron chi connectivity index (χ1n) is 5.58. The summed E-state index contributed by atoms with van der Waals surface area (Å²) in [5.74, 6) is 5.74. The summed E-state index contributed by atoms with van der Waals surface area (Å²) in [5, 5.41) is 0. The van der Waals surface area contributed by atoms with Gasteiger partial charge in [-0.3, -0.25) is 10.2 Å². The maximum absolute atomic E-state index is 11.5. The molecule has 3 nitrogen and oxygen atoms in total. The van der Waals surface area contributed by atoms with E-state index in [-0.39, 0.29) is 5.91 Å². The second-order valence-electron chi connectivity index (χ2n) is 4.89. The zero-order valence-electron chi connectivity index (χ0n) is 10.8. The third kappa shape index (κ3) is 3.75. The number of hydrazine groups is 1. The lowest BCUT2D eigenvalue weighted by molar-refractivity contribution is -0.128. The minimum absolute atomic E-state index is 0.131. The number of amides is 1. The third-order valence-electron chi connectivity index (χ3n) is 2.82. The lowest BCUT2D eigenvalue weighted by Gasteiger charge is -2.21. The normalized spacial score (nSPS) is 11.4. The molecule has 0 aliphatic carbocycles. The van der Waals surface area contributed by atoms with Crippen LogP contribution in [0.1, 0.15) is 25.0 Å². The van der Waals surface area contributed by atoms with E-state index >= 15 is 0 Å². The number of aryl methyl sites for hydroxylation is 2. The van der Waals surface area contributed by atoms with Crippen molar-refractivity contribution in [3.63, 3.8) is 0 Å². The smallest absolute Gasteiger partial charge is 0.240 e. The van der Waals surface area contributed by atoms with Crippen molar-refractivity contribution in [3.05, 3.63) is 29.3 Å². The van der Waals surface area contributed by atoms with Crippen molar-refractivity contribution in [2.75, 3.05) is 5.75 Å². The van der Waals surface area contributed by atoms with Crippen LogP contribution in [0.5, 0.6) is 0 Å². The van der Waals surface area contributed by atoms with E-state index in [2.05, 4.69) is 37.5 Å². The van der Waals surface area contributed by atoms with Gasteiger partial charge < -0.3 is 0 Å². The Balaban J connectivity index is 2.67. The first-order valence-corrected chi connectivity index (χ1v) is 6.56. The summed E-state index contributed by atoms with van der Waals surface area (Å²) in [5.41, 5.74) is 4.31. The molecule has 3 N–H and O–H groups in total. The van der Waals surface area contributed by atoms with Crippen LogP contribution in [0, 0.1) is 19.3 Å². The van der Waals surface area contributed by atoms with E-state index in [4.69, 9.17) is 5.84 Å². The van der Waals surface area contributed by atoms with Crippen molar-refractivity contribution in [2.45, 2.75) is 32.6 Å². The van der Waals surface area contributed by atoms with Crippen LogP contribution in [0.2, 0.25) is 0 Å². The average Bonchev–Trinajstić information content (AvgIpc) is 2.29. The summed E-state index contributed by atoms with van der Waals surface area (Å²) < 4.78 is 0. The molecule has 0 aliphatic rings. The summed E-state index contributed by atoms with van der Waals surface area (Å²) in [7, 11) is 0. The van der Waals surface area contributed by atoms with Crippen molar-refractivity contribution in [1.82, 2.24) is 5.43 Å². The molecule has 1 rings (SSSR count). The lowest BCUT2D eigenvalue weighted by Crippen LogP contribution is -2.42. The molecule has 0 saturated carbocycles. The Hall–Kier alpha value is -1.00. The van der Waals surface area contributed by atoms with Crippen molar-refractivity contribution >= 4 is 17.7 Å². The Kier molecular flexibility index (Phi) is 4.60. The van der Waals surface area contributed by atoms with Gasteiger partial charge in [0.15, 0.2) is 0 Å². The van der Waals surface area contributed by atoms with Gasteiger partial charge in [-0.25, -0.2) is 5.84 Å². The summed E-state index contributed by atoms with van der Waals surface area (Å²) in [6.45, 7) is 7.97. The molecule has 0 radical (unpaired) electrons. The summed E-state index contributed by atoms with van der Waals surface area (Å²) in [4.78, 5) is 12.7. The monoisotopic (exact) mass is 252 g/mol. The molecule has 0 aromatic heterocycles. The van der Waals surface area contributed by atoms with Crippen LogP contribution < -0.4 is 11.3 Å². The third-order valence-corrected chi connectivity index (χ3v) is 4.28. The van der Waals surface area contributed by atoms with Crippen LogP contribution in [-0.4, -0.2) is 11.7 Å². The maximum Gasteiger partial charge on any atom is 0.240 e. The number of nitrogens with one attached hydrogen (secondary N) is 1. The topological polar surface area (TPSA) is 55.1 Å². The van der Waals surface area contributed by atoms with Gasteiger partial charge in [0.05, 0.1) is 5.41 Å². The molecule has 1 aromatic rings. The Morgan fingerprint density at radius 2 is 2.00 bits per heavy atom. The molecule has 0 heterocycles. The molecule has 0 fully saturated rings. The standard InChI is InChI=1S/C13H20N2OS/c1-9-5-6-11(7-10(9)2)17-8-13(3,4)12(16)15-14/h5-7H,8,14H2,1-4H3,(H,15,16). The molecule has 0 saturated heterocycles. The van der Waals surface area contributed by atoms with Gasteiger partial charge in [-0.1, -0.05) is 19.9 Å². The van der Waals surface area contributed by atoms with Crippen molar-refractivity contribution < 1.29 is 4.79 Å². The largest absolute Gasteiger partial charge is 0.294 e. The lowest BCUT2D eigenvalue weighted by atomic mass is 9.96. The number of hydrogen-bond donors (Lipinski definition) is 2. The molecule has 4 heteroatoms. The summed E-state index contributed by atoms with van der Waals surface area (Å²) in [6, 6.07) is 6.34. The van der Waals surface area contributed by atoms with Crippen LogP contribution in [0.3, 0.4) is 0 Å². The van der Waals surface area contributed by atoms with Crippen molar-refractivity contribution in [3.8, 4) is 0 Å². The fourth-order valence-corrected chi connectivity index (χ4v) is 2.41. The van der Waals surface area contributed by atoms with E-state index in [1.165, 1.54) is 16.0 Å². The fraction of sp³-hybridized carbons (Fsp3) is 0.462. The molecule has 0 unspecified atom stereocenters. The van der Waals surface area contributed by atoms with Gasteiger partial charge in [-0.15, -0.1) is 11.8 Å². The van der Waals surface area contributed by atoms with E-state index in [0.29, 0.717) is 5.75 Å². The highest BCUT2D eigenvalue weighted by atomic mass is 32.2. The second kappa shape index (κ2) is 5.56. The predicted octanol–water partition coefficient (Wildman–Crippen LogP) is 2.41. The molecule has 1 amide bonds. The highest BCUT2D eigenvalue weighted by Crippen LogP contribution is 2.28. The van der Waals surface area contributed by atoms with E-state index in [1.807, 2.05) is 13.8 Å². The Labute approximate surface area is 107 Å². The molecule has 94 valence electrons. The molecular weight excluding hydrogens is 232 g/mol. The van der Waals surface area contributed by atoms with Gasteiger partial charge in [-0.05, 0) is 37.1 Å². The molecule has 17 heavy (non-hydrogen) atoms. The number of rotatable bonds is 4. The van der Waals surface area contributed by atoms with Gasteiger partial charge in [0.2, 0.25) is 5.91 Å². The summed E-state index contributed by atoms with van der Waals surface area (Å²) >= 11 is 1.68. The minimum Gasteiger partial charge on any atom is -0.294 e. The predicted molar refractivity (Wildman–Crippen MR) is 72.8 cm³/mol. The first-order chi connectivity index (χ1) is 7.86. The first kappa shape index (κ1) is 14.1. The van der Waals surface area contributed by atoms with Gasteiger partial charge in [0.25, 0.3) is 0 Å². The van der Waals surface area contributed by atoms with Gasteiger partial charge in [-0.2, -0.15) is 0 Å². The zero-order valence-corrected chi connectivity index (χ0v) is 11.6.